The van der Waals surface area contributed by atoms with Crippen molar-refractivity contribution < 1.29 is 33.4 Å². The molecule has 15 nitrogen and oxygen atoms in total. The molecule has 2 aliphatic carbocycles. The molecule has 304 valence electrons. The zero-order valence-corrected chi connectivity index (χ0v) is 33.9. The van der Waals surface area contributed by atoms with Crippen LogP contribution in [0.4, 0.5) is 27.2 Å². The minimum absolute atomic E-state index is 0.171. The number of ether oxygens (including phenoxy) is 3. The van der Waals surface area contributed by atoms with Gasteiger partial charge < -0.3 is 44.9 Å². The second-order valence-electron chi connectivity index (χ2n) is 17.1. The van der Waals surface area contributed by atoms with E-state index in [0.717, 1.165) is 51.4 Å². The summed E-state index contributed by atoms with van der Waals surface area (Å²) in [4.78, 5) is 67.3. The van der Waals surface area contributed by atoms with Gasteiger partial charge in [-0.1, -0.05) is 19.3 Å². The SMILES string of the molecule is COC(=O)CC(=O)N1CCN(c2cc(N)nc(NCC3CCC(CN(CCCN(C(=O)OC(C)(C)C)C4CCCCC4)C(=O)OC(C)(C)C)CC3)n2)CC1. The molecule has 2 saturated carbocycles. The first-order valence-electron chi connectivity index (χ1n) is 19.9. The number of nitrogens with two attached hydrogens (primary N) is 1. The summed E-state index contributed by atoms with van der Waals surface area (Å²) in [6.45, 7) is 15.8. The Hall–Kier alpha value is -4.04. The van der Waals surface area contributed by atoms with Crippen molar-refractivity contribution in [2.24, 2.45) is 11.8 Å². The highest BCUT2D eigenvalue weighted by Gasteiger charge is 2.32. The van der Waals surface area contributed by atoms with Gasteiger partial charge in [0.05, 0.1) is 7.11 Å². The molecule has 1 saturated heterocycles. The molecule has 0 spiro atoms. The molecule has 3 aliphatic rings. The van der Waals surface area contributed by atoms with Crippen molar-refractivity contribution in [2.45, 2.75) is 129 Å². The summed E-state index contributed by atoms with van der Waals surface area (Å²) in [5.41, 5.74) is 5.00. The molecule has 3 amide bonds. The quantitative estimate of drug-likeness (QED) is 0.143. The summed E-state index contributed by atoms with van der Waals surface area (Å²) in [7, 11) is 1.27. The molecule has 0 atom stereocenters. The number of nitrogens with one attached hydrogen (secondary N) is 1. The highest BCUT2D eigenvalue weighted by Crippen LogP contribution is 2.31. The van der Waals surface area contributed by atoms with Crippen molar-refractivity contribution in [3.05, 3.63) is 6.07 Å². The van der Waals surface area contributed by atoms with E-state index in [9.17, 15) is 19.2 Å². The van der Waals surface area contributed by atoms with Crippen molar-refractivity contribution in [3.8, 4) is 0 Å². The zero-order chi connectivity index (χ0) is 39.5. The number of nitrogen functional groups attached to an aromatic ring is 1. The third-order valence-electron chi connectivity index (χ3n) is 10.3. The summed E-state index contributed by atoms with van der Waals surface area (Å²) in [5, 5.41) is 3.41. The van der Waals surface area contributed by atoms with Gasteiger partial charge in [0, 0.05) is 64.5 Å². The fraction of sp³-hybridized carbons (Fsp3) is 0.795. The van der Waals surface area contributed by atoms with E-state index < -0.39 is 17.2 Å². The van der Waals surface area contributed by atoms with E-state index in [1.807, 2.05) is 51.3 Å². The molecule has 1 aromatic heterocycles. The van der Waals surface area contributed by atoms with Crippen LogP contribution in [-0.2, 0) is 23.8 Å². The lowest BCUT2D eigenvalue weighted by Gasteiger charge is -2.37. The topological polar surface area (TPSA) is 173 Å². The van der Waals surface area contributed by atoms with E-state index in [0.29, 0.717) is 88.2 Å². The third-order valence-corrected chi connectivity index (χ3v) is 10.3. The molecular weight excluding hydrogens is 692 g/mol. The number of rotatable bonds is 13. The standard InChI is InChI=1S/C39H66N8O7/c1-38(2,3)53-36(50)46(18-11-19-47(30-12-9-8-10-13-30)37(51)54-39(4,5)6)27-29-16-14-28(15-17-29)26-41-35-42-31(40)24-32(43-35)44-20-22-45(23-21-44)33(48)25-34(49)52-7/h24,28-30H,8-23,25-27H2,1-7H3,(H3,40,41,42,43). The summed E-state index contributed by atoms with van der Waals surface area (Å²) in [6.07, 6.45) is 9.20. The first-order valence-corrected chi connectivity index (χ1v) is 19.9. The van der Waals surface area contributed by atoms with Crippen LogP contribution >= 0.6 is 0 Å². The summed E-state index contributed by atoms with van der Waals surface area (Å²) < 4.78 is 16.3. The number of nitrogens with zero attached hydrogens (tertiary/aromatic N) is 6. The molecule has 0 bridgehead atoms. The van der Waals surface area contributed by atoms with Crippen molar-refractivity contribution in [1.82, 2.24) is 24.7 Å². The Morgan fingerprint density at radius 2 is 1.44 bits per heavy atom. The number of methoxy groups -OCH3 is 1. The molecule has 1 aromatic rings. The van der Waals surface area contributed by atoms with Gasteiger partial charge in [-0.2, -0.15) is 9.97 Å². The number of piperazine rings is 1. The Balaban J connectivity index is 1.28. The zero-order valence-electron chi connectivity index (χ0n) is 33.9. The highest BCUT2D eigenvalue weighted by molar-refractivity contribution is 5.94. The average Bonchev–Trinajstić information content (AvgIpc) is 3.11. The van der Waals surface area contributed by atoms with E-state index in [1.165, 1.54) is 13.5 Å². The summed E-state index contributed by atoms with van der Waals surface area (Å²) in [6, 6.07) is 1.91. The number of anilines is 3. The lowest BCUT2D eigenvalue weighted by molar-refractivity contribution is -0.146. The Kier molecular flexibility index (Phi) is 15.4. The minimum Gasteiger partial charge on any atom is -0.469 e. The maximum atomic E-state index is 13.4. The van der Waals surface area contributed by atoms with Crippen molar-refractivity contribution in [3.63, 3.8) is 0 Å². The Morgan fingerprint density at radius 1 is 0.833 bits per heavy atom. The van der Waals surface area contributed by atoms with Crippen LogP contribution in [0.2, 0.25) is 0 Å². The van der Waals surface area contributed by atoms with Crippen molar-refractivity contribution in [1.29, 1.82) is 0 Å². The maximum absolute atomic E-state index is 13.4. The van der Waals surface area contributed by atoms with Gasteiger partial charge in [0.1, 0.15) is 29.3 Å². The monoisotopic (exact) mass is 759 g/mol. The number of hydrogen-bond donors (Lipinski definition) is 2. The first-order chi connectivity index (χ1) is 25.5. The molecule has 0 unspecified atom stereocenters. The van der Waals surface area contributed by atoms with Gasteiger partial charge in [-0.05, 0) is 98.3 Å². The van der Waals surface area contributed by atoms with E-state index in [2.05, 4.69) is 19.9 Å². The number of esters is 1. The maximum Gasteiger partial charge on any atom is 0.410 e. The summed E-state index contributed by atoms with van der Waals surface area (Å²) >= 11 is 0. The molecule has 1 aliphatic heterocycles. The molecule has 0 aromatic carbocycles. The van der Waals surface area contributed by atoms with Crippen molar-refractivity contribution >= 4 is 41.6 Å². The van der Waals surface area contributed by atoms with Gasteiger partial charge in [-0.3, -0.25) is 9.59 Å². The lowest BCUT2D eigenvalue weighted by Crippen LogP contribution is -2.49. The van der Waals surface area contributed by atoms with Crippen LogP contribution in [0.15, 0.2) is 6.07 Å². The largest absolute Gasteiger partial charge is 0.469 e. The predicted molar refractivity (Wildman–Crippen MR) is 208 cm³/mol. The number of hydrogen-bond acceptors (Lipinski definition) is 12. The molecule has 2 heterocycles. The van der Waals surface area contributed by atoms with Gasteiger partial charge in [0.15, 0.2) is 0 Å². The van der Waals surface area contributed by atoms with Gasteiger partial charge in [-0.15, -0.1) is 0 Å². The fourth-order valence-electron chi connectivity index (χ4n) is 7.50. The normalized spacial score (nSPS) is 19.8. The molecule has 15 heteroatoms. The van der Waals surface area contributed by atoms with Crippen LogP contribution in [-0.4, -0.2) is 125 Å². The van der Waals surface area contributed by atoms with Crippen LogP contribution in [0, 0.1) is 11.8 Å². The van der Waals surface area contributed by atoms with E-state index >= 15 is 0 Å². The van der Waals surface area contributed by atoms with Gasteiger partial charge in [-0.25, -0.2) is 9.59 Å². The van der Waals surface area contributed by atoms with Crippen LogP contribution < -0.4 is 16.0 Å². The van der Waals surface area contributed by atoms with Crippen LogP contribution in [0.3, 0.4) is 0 Å². The van der Waals surface area contributed by atoms with Gasteiger partial charge in [0.2, 0.25) is 11.9 Å². The smallest absolute Gasteiger partial charge is 0.410 e. The van der Waals surface area contributed by atoms with Crippen molar-refractivity contribution in [2.75, 3.05) is 75.4 Å². The number of carbonyl (C=O) groups is 4. The average molecular weight is 759 g/mol. The number of aromatic nitrogens is 2. The number of amides is 3. The second kappa shape index (κ2) is 19.5. The van der Waals surface area contributed by atoms with E-state index in [1.54, 1.807) is 11.0 Å². The van der Waals surface area contributed by atoms with Gasteiger partial charge >= 0.3 is 18.2 Å². The minimum atomic E-state index is -0.606. The van der Waals surface area contributed by atoms with Gasteiger partial charge in [0.25, 0.3) is 0 Å². The molecule has 54 heavy (non-hydrogen) atoms. The lowest BCUT2D eigenvalue weighted by atomic mass is 9.81. The Labute approximate surface area is 322 Å². The molecule has 0 radical (unpaired) electrons. The number of carbonyl (C=O) groups excluding carboxylic acids is 4. The van der Waals surface area contributed by atoms with Crippen LogP contribution in [0.25, 0.3) is 0 Å². The summed E-state index contributed by atoms with van der Waals surface area (Å²) in [5.74, 6) is 1.53. The molecular formula is C39H66N8O7. The second-order valence-corrected chi connectivity index (χ2v) is 17.1. The first kappa shape index (κ1) is 42.7. The Bertz CT molecular complexity index is 1390. The Morgan fingerprint density at radius 3 is 2.06 bits per heavy atom. The third kappa shape index (κ3) is 14.0. The molecule has 3 N–H and O–H groups in total. The van der Waals surface area contributed by atoms with E-state index in [4.69, 9.17) is 20.2 Å². The van der Waals surface area contributed by atoms with E-state index in [-0.39, 0.29) is 30.6 Å². The predicted octanol–water partition coefficient (Wildman–Crippen LogP) is 5.69. The molecule has 3 fully saturated rings. The molecule has 4 rings (SSSR count). The fourth-order valence-corrected chi connectivity index (χ4v) is 7.50. The highest BCUT2D eigenvalue weighted by atomic mass is 16.6. The van der Waals surface area contributed by atoms with Crippen LogP contribution in [0.5, 0.6) is 0 Å². The van der Waals surface area contributed by atoms with Crippen LogP contribution in [0.1, 0.15) is 112 Å².